The van der Waals surface area contributed by atoms with E-state index in [2.05, 4.69) is 16.0 Å². The van der Waals surface area contributed by atoms with Crippen molar-refractivity contribution < 1.29 is 47.4 Å². The second kappa shape index (κ2) is 21.6. The quantitative estimate of drug-likeness (QED) is 0.106. The Balaban J connectivity index is 1.50. The summed E-state index contributed by atoms with van der Waals surface area (Å²) in [4.78, 5) is 64.1. The van der Waals surface area contributed by atoms with Crippen molar-refractivity contribution in [3.8, 4) is 0 Å². The fourth-order valence-electron chi connectivity index (χ4n) is 6.05. The molecule has 0 spiro atoms. The fourth-order valence-corrected chi connectivity index (χ4v) is 6.85. The Labute approximate surface area is 289 Å². The molecule has 0 bridgehead atoms. The number of carbonyl (C=O) groups excluding carboxylic acids is 4. The van der Waals surface area contributed by atoms with Gasteiger partial charge in [-0.05, 0) is 63.9 Å². The van der Waals surface area contributed by atoms with Crippen molar-refractivity contribution in [2.24, 2.45) is 5.92 Å². The highest BCUT2D eigenvalue weighted by Gasteiger charge is 2.37. The lowest BCUT2D eigenvalue weighted by molar-refractivity contribution is -0.151. The van der Waals surface area contributed by atoms with Gasteiger partial charge in [0.15, 0.2) is 0 Å². The molecule has 1 aliphatic carbocycles. The van der Waals surface area contributed by atoms with E-state index >= 15 is 0 Å². The second-order valence-electron chi connectivity index (χ2n) is 12.7. The summed E-state index contributed by atoms with van der Waals surface area (Å²) >= 11 is 0. The van der Waals surface area contributed by atoms with Gasteiger partial charge in [0.25, 0.3) is 5.91 Å². The molecule has 1 aromatic carbocycles. The molecule has 4 amide bonds. The first-order valence-corrected chi connectivity index (χ1v) is 18.7. The zero-order valence-corrected chi connectivity index (χ0v) is 29.7. The number of unbranched alkanes of at least 4 members (excludes halogenated alkanes) is 2. The Morgan fingerprint density at radius 3 is 2.41 bits per heavy atom. The minimum absolute atomic E-state index is 0.130. The standard InChI is InChI=1S/C34H53N4O10P/c1-3-4-17-27(23-47-49(45)48-24(2)32(41)38-21-12-19-29(38)33(42)43)36-31(40)28(37-30(39)26-15-8-9-16-26)18-10-11-20-35-34(44)46-22-25-13-6-5-7-14-25/h5-7,13-14,24,26-29,49H,3-4,8-12,15-23H2,1-2H3,(H,35,44)(H,36,40)(H,37,39)(H,42,43)/t24?,27?,28?,29-/m0/s1. The van der Waals surface area contributed by atoms with Gasteiger partial charge in [-0.2, -0.15) is 0 Å². The summed E-state index contributed by atoms with van der Waals surface area (Å²) in [5, 5.41) is 18.0. The average molecular weight is 709 g/mol. The number of carbonyl (C=O) groups is 5. The largest absolute Gasteiger partial charge is 0.480 e. The van der Waals surface area contributed by atoms with E-state index in [0.717, 1.165) is 44.1 Å². The number of alkyl carbamates (subject to hydrolysis) is 1. The summed E-state index contributed by atoms with van der Waals surface area (Å²) in [6.45, 7) is 4.06. The minimum Gasteiger partial charge on any atom is -0.480 e. The third kappa shape index (κ3) is 14.1. The van der Waals surface area contributed by atoms with E-state index in [4.69, 9.17) is 13.8 Å². The van der Waals surface area contributed by atoms with Gasteiger partial charge in [0.1, 0.15) is 24.8 Å². The number of benzene rings is 1. The minimum atomic E-state index is -3.16. The molecule has 1 aromatic rings. The van der Waals surface area contributed by atoms with E-state index in [0.29, 0.717) is 45.1 Å². The summed E-state index contributed by atoms with van der Waals surface area (Å²) in [7, 11) is -3.16. The molecule has 2 fully saturated rings. The summed E-state index contributed by atoms with van der Waals surface area (Å²) in [5.41, 5.74) is 0.880. The molecular weight excluding hydrogens is 655 g/mol. The monoisotopic (exact) mass is 708 g/mol. The first-order chi connectivity index (χ1) is 23.6. The predicted molar refractivity (Wildman–Crippen MR) is 182 cm³/mol. The molecule has 0 radical (unpaired) electrons. The molecule has 4 unspecified atom stereocenters. The Bertz CT molecular complexity index is 1250. The van der Waals surface area contributed by atoms with Crippen LogP contribution in [0.25, 0.3) is 0 Å². The van der Waals surface area contributed by atoms with Crippen LogP contribution in [0.15, 0.2) is 30.3 Å². The molecule has 1 aliphatic heterocycles. The van der Waals surface area contributed by atoms with Crippen molar-refractivity contribution in [2.45, 2.75) is 122 Å². The van der Waals surface area contributed by atoms with Crippen molar-refractivity contribution in [1.82, 2.24) is 20.9 Å². The number of nitrogens with zero attached hydrogens (tertiary/aromatic N) is 1. The van der Waals surface area contributed by atoms with Crippen molar-refractivity contribution in [3.05, 3.63) is 35.9 Å². The normalized spacial score (nSPS) is 18.7. The number of carboxylic acids is 1. The van der Waals surface area contributed by atoms with Gasteiger partial charge in [0, 0.05) is 19.0 Å². The average Bonchev–Trinajstić information content (AvgIpc) is 3.81. The second-order valence-corrected chi connectivity index (χ2v) is 13.7. The van der Waals surface area contributed by atoms with Crippen molar-refractivity contribution in [2.75, 3.05) is 19.7 Å². The van der Waals surface area contributed by atoms with Gasteiger partial charge >= 0.3 is 20.3 Å². The van der Waals surface area contributed by atoms with Crippen molar-refractivity contribution in [1.29, 1.82) is 0 Å². The number of amides is 4. The molecular formula is C34H53N4O10P. The van der Waals surface area contributed by atoms with Crippen molar-refractivity contribution >= 4 is 38.0 Å². The van der Waals surface area contributed by atoms with E-state index in [1.54, 1.807) is 0 Å². The smallest absolute Gasteiger partial charge is 0.407 e. The van der Waals surface area contributed by atoms with Gasteiger partial charge in [-0.15, -0.1) is 0 Å². The van der Waals surface area contributed by atoms with Crippen LogP contribution in [0.3, 0.4) is 0 Å². The van der Waals surface area contributed by atoms with Crippen LogP contribution in [0.2, 0.25) is 0 Å². The SMILES string of the molecule is CCCCC(CO[PH](=O)OC(C)C(=O)N1CCC[C@H]1C(=O)O)NC(=O)C(CCCCNC(=O)OCc1ccccc1)NC(=O)C1CCCC1. The van der Waals surface area contributed by atoms with Crippen LogP contribution < -0.4 is 16.0 Å². The molecule has 4 N–H and O–H groups in total. The highest BCUT2D eigenvalue weighted by atomic mass is 31.1. The number of hydrogen-bond donors (Lipinski definition) is 4. The maximum absolute atomic E-state index is 13.5. The van der Waals surface area contributed by atoms with Crippen LogP contribution in [0.1, 0.15) is 96.5 Å². The maximum Gasteiger partial charge on any atom is 0.407 e. The van der Waals surface area contributed by atoms with Crippen molar-refractivity contribution in [3.63, 3.8) is 0 Å². The first-order valence-electron chi connectivity index (χ1n) is 17.5. The Morgan fingerprint density at radius 1 is 0.980 bits per heavy atom. The van der Waals surface area contributed by atoms with Crippen LogP contribution in [0.5, 0.6) is 0 Å². The molecule has 2 aliphatic rings. The number of carboxylic acid groups (broad SMARTS) is 1. The van der Waals surface area contributed by atoms with E-state index in [1.165, 1.54) is 11.8 Å². The van der Waals surface area contributed by atoms with Gasteiger partial charge in [-0.3, -0.25) is 23.5 Å². The summed E-state index contributed by atoms with van der Waals surface area (Å²) < 4.78 is 28.7. The van der Waals surface area contributed by atoms with Crippen LogP contribution in [-0.2, 0) is 44.1 Å². The predicted octanol–water partition coefficient (Wildman–Crippen LogP) is 4.32. The van der Waals surface area contributed by atoms with E-state index in [9.17, 15) is 33.6 Å². The highest BCUT2D eigenvalue weighted by molar-refractivity contribution is 7.33. The number of ether oxygens (including phenoxy) is 1. The number of hydrogen-bond acceptors (Lipinski definition) is 9. The van der Waals surface area contributed by atoms with Crippen LogP contribution in [-0.4, -0.2) is 83.7 Å². The lowest BCUT2D eigenvalue weighted by Crippen LogP contribution is -2.51. The molecule has 1 heterocycles. The molecule has 5 atom stereocenters. The third-order valence-electron chi connectivity index (χ3n) is 8.86. The Morgan fingerprint density at radius 2 is 1.71 bits per heavy atom. The Kier molecular flexibility index (Phi) is 17.6. The molecule has 3 rings (SSSR count). The lowest BCUT2D eigenvalue weighted by Gasteiger charge is -2.26. The van der Waals surface area contributed by atoms with Gasteiger partial charge in [-0.1, -0.05) is 62.9 Å². The van der Waals surface area contributed by atoms with Gasteiger partial charge in [0.2, 0.25) is 11.8 Å². The third-order valence-corrected chi connectivity index (χ3v) is 9.81. The maximum atomic E-state index is 13.5. The van der Waals surface area contributed by atoms with Gasteiger partial charge in [-0.25, -0.2) is 9.59 Å². The summed E-state index contributed by atoms with van der Waals surface area (Å²) in [6, 6.07) is 7.07. The summed E-state index contributed by atoms with van der Waals surface area (Å²) in [5.74, 6) is -2.33. The number of rotatable bonds is 21. The summed E-state index contributed by atoms with van der Waals surface area (Å²) in [6.07, 6.45) is 6.30. The van der Waals surface area contributed by atoms with E-state index in [1.807, 2.05) is 37.3 Å². The molecule has 14 nitrogen and oxygen atoms in total. The molecule has 15 heteroatoms. The number of nitrogens with one attached hydrogen (secondary N) is 3. The van der Waals surface area contributed by atoms with Crippen LogP contribution in [0, 0.1) is 5.92 Å². The lowest BCUT2D eigenvalue weighted by atomic mass is 10.0. The number of aliphatic carboxylic acids is 1. The molecule has 1 saturated heterocycles. The molecule has 49 heavy (non-hydrogen) atoms. The molecule has 0 aromatic heterocycles. The topological polar surface area (TPSA) is 190 Å². The molecule has 274 valence electrons. The highest BCUT2D eigenvalue weighted by Crippen LogP contribution is 2.29. The Hall–Kier alpha value is -3.48. The van der Waals surface area contributed by atoms with Gasteiger partial charge in [0.05, 0.1) is 12.6 Å². The zero-order valence-electron chi connectivity index (χ0n) is 28.7. The van der Waals surface area contributed by atoms with E-state index < -0.39 is 50.5 Å². The van der Waals surface area contributed by atoms with E-state index in [-0.39, 0.29) is 37.5 Å². The van der Waals surface area contributed by atoms with Crippen LogP contribution in [0.4, 0.5) is 4.79 Å². The number of likely N-dealkylation sites (tertiary alicyclic amines) is 1. The van der Waals surface area contributed by atoms with Crippen LogP contribution >= 0.6 is 8.25 Å². The first kappa shape index (κ1) is 40.0. The fraction of sp³-hybridized carbons (Fsp3) is 0.676. The molecule has 1 saturated carbocycles. The van der Waals surface area contributed by atoms with Gasteiger partial charge < -0.3 is 35.2 Å². The zero-order chi connectivity index (χ0) is 35.6.